The molecule has 0 radical (unpaired) electrons. The number of piperidine rings is 1. The first-order valence-corrected chi connectivity index (χ1v) is 7.10. The SMILES string of the molecule is Cc1cn[nH]c1[C@@]1(C)CCCN(C(=O)C2CNC2)C1. The van der Waals surface area contributed by atoms with E-state index in [1.165, 1.54) is 11.3 Å². The Morgan fingerprint density at radius 3 is 2.89 bits per heavy atom. The van der Waals surface area contributed by atoms with Gasteiger partial charge in [0.25, 0.3) is 0 Å². The lowest BCUT2D eigenvalue weighted by atomic mass is 9.77. The third-order valence-corrected chi connectivity index (χ3v) is 4.57. The van der Waals surface area contributed by atoms with E-state index < -0.39 is 0 Å². The summed E-state index contributed by atoms with van der Waals surface area (Å²) in [7, 11) is 0. The van der Waals surface area contributed by atoms with Gasteiger partial charge < -0.3 is 10.2 Å². The van der Waals surface area contributed by atoms with Crippen LogP contribution < -0.4 is 5.32 Å². The fraction of sp³-hybridized carbons (Fsp3) is 0.714. The molecule has 5 nitrogen and oxygen atoms in total. The molecule has 2 fully saturated rings. The first kappa shape index (κ1) is 12.7. The lowest BCUT2D eigenvalue weighted by Gasteiger charge is -2.42. The number of hydrogen-bond donors (Lipinski definition) is 2. The van der Waals surface area contributed by atoms with Crippen molar-refractivity contribution in [1.29, 1.82) is 0 Å². The van der Waals surface area contributed by atoms with Gasteiger partial charge in [-0.2, -0.15) is 5.10 Å². The van der Waals surface area contributed by atoms with Crippen molar-refractivity contribution in [3.63, 3.8) is 0 Å². The van der Waals surface area contributed by atoms with Crippen molar-refractivity contribution in [2.45, 2.75) is 32.1 Å². The molecule has 0 unspecified atom stereocenters. The minimum atomic E-state index is 0.0195. The molecule has 5 heteroatoms. The number of aryl methyl sites for hydroxylation is 1. The van der Waals surface area contributed by atoms with E-state index in [9.17, 15) is 4.79 Å². The first-order valence-electron chi connectivity index (χ1n) is 7.10. The Hall–Kier alpha value is -1.36. The van der Waals surface area contributed by atoms with Crippen LogP contribution in [0.2, 0.25) is 0 Å². The molecule has 3 rings (SSSR count). The molecular weight excluding hydrogens is 240 g/mol. The van der Waals surface area contributed by atoms with Gasteiger partial charge in [-0.1, -0.05) is 6.92 Å². The summed E-state index contributed by atoms with van der Waals surface area (Å²) in [6.45, 7) is 7.72. The molecule has 0 aliphatic carbocycles. The molecule has 1 aromatic rings. The minimum Gasteiger partial charge on any atom is -0.341 e. The number of H-pyrrole nitrogens is 1. The van der Waals surface area contributed by atoms with Gasteiger partial charge in [0, 0.05) is 37.3 Å². The molecule has 104 valence electrons. The minimum absolute atomic E-state index is 0.0195. The van der Waals surface area contributed by atoms with Crippen LogP contribution in [0, 0.1) is 12.8 Å². The van der Waals surface area contributed by atoms with E-state index >= 15 is 0 Å². The number of aromatic amines is 1. The number of rotatable bonds is 2. The molecular formula is C14H22N4O. The normalized spacial score (nSPS) is 28.2. The standard InChI is InChI=1S/C14H22N4O/c1-10-6-16-17-12(10)14(2)4-3-5-18(9-14)13(19)11-7-15-8-11/h6,11,15H,3-5,7-9H2,1-2H3,(H,16,17)/t14-/m0/s1. The number of carbonyl (C=O) groups is 1. The Kier molecular flexibility index (Phi) is 3.09. The Balaban J connectivity index is 1.77. The summed E-state index contributed by atoms with van der Waals surface area (Å²) in [4.78, 5) is 14.4. The van der Waals surface area contributed by atoms with Gasteiger partial charge in [-0.25, -0.2) is 0 Å². The fourth-order valence-corrected chi connectivity index (χ4v) is 3.31. The lowest BCUT2D eigenvalue weighted by Crippen LogP contribution is -2.56. The summed E-state index contributed by atoms with van der Waals surface area (Å²) in [5.41, 5.74) is 2.41. The third kappa shape index (κ3) is 2.16. The molecule has 1 atom stereocenters. The van der Waals surface area contributed by atoms with Gasteiger partial charge in [0.1, 0.15) is 0 Å². The third-order valence-electron chi connectivity index (χ3n) is 4.57. The van der Waals surface area contributed by atoms with Gasteiger partial charge >= 0.3 is 0 Å². The molecule has 1 amide bonds. The van der Waals surface area contributed by atoms with E-state index in [0.29, 0.717) is 5.91 Å². The molecule has 2 aliphatic rings. The van der Waals surface area contributed by atoms with Crippen molar-refractivity contribution in [3.8, 4) is 0 Å². The average Bonchev–Trinajstić information content (AvgIpc) is 2.74. The molecule has 2 N–H and O–H groups in total. The summed E-state index contributed by atoms with van der Waals surface area (Å²) in [6, 6.07) is 0. The summed E-state index contributed by atoms with van der Waals surface area (Å²) >= 11 is 0. The number of nitrogens with zero attached hydrogens (tertiary/aromatic N) is 2. The maximum absolute atomic E-state index is 12.4. The van der Waals surface area contributed by atoms with Crippen molar-refractivity contribution >= 4 is 5.91 Å². The summed E-state index contributed by atoms with van der Waals surface area (Å²) in [5, 5.41) is 10.4. The van der Waals surface area contributed by atoms with E-state index in [2.05, 4.69) is 34.3 Å². The van der Waals surface area contributed by atoms with Crippen LogP contribution in [0.4, 0.5) is 0 Å². The van der Waals surface area contributed by atoms with Crippen molar-refractivity contribution in [2.24, 2.45) is 5.92 Å². The second kappa shape index (κ2) is 4.63. The maximum Gasteiger partial charge on any atom is 0.228 e. The lowest BCUT2D eigenvalue weighted by molar-refractivity contribution is -0.139. The van der Waals surface area contributed by atoms with E-state index in [0.717, 1.165) is 39.0 Å². The molecule has 19 heavy (non-hydrogen) atoms. The van der Waals surface area contributed by atoms with Gasteiger partial charge in [-0.05, 0) is 25.3 Å². The van der Waals surface area contributed by atoms with Crippen molar-refractivity contribution in [2.75, 3.05) is 26.2 Å². The largest absolute Gasteiger partial charge is 0.341 e. The average molecular weight is 262 g/mol. The number of carbonyl (C=O) groups excluding carboxylic acids is 1. The highest BCUT2D eigenvalue weighted by molar-refractivity contribution is 5.80. The Morgan fingerprint density at radius 2 is 2.32 bits per heavy atom. The van der Waals surface area contributed by atoms with Crippen LogP contribution in [0.5, 0.6) is 0 Å². The predicted octanol–water partition coefficient (Wildman–Crippen LogP) is 0.818. The van der Waals surface area contributed by atoms with E-state index in [1.807, 2.05) is 6.20 Å². The number of nitrogens with one attached hydrogen (secondary N) is 2. The van der Waals surface area contributed by atoms with Crippen LogP contribution in [0.3, 0.4) is 0 Å². The summed E-state index contributed by atoms with van der Waals surface area (Å²) < 4.78 is 0. The molecule has 0 saturated carbocycles. The topological polar surface area (TPSA) is 61.0 Å². The smallest absolute Gasteiger partial charge is 0.228 e. The molecule has 0 spiro atoms. The molecule has 3 heterocycles. The molecule has 0 bridgehead atoms. The van der Waals surface area contributed by atoms with Crippen molar-refractivity contribution in [3.05, 3.63) is 17.5 Å². The molecule has 0 aromatic carbocycles. The van der Waals surface area contributed by atoms with Crippen LogP contribution in [0.15, 0.2) is 6.20 Å². The van der Waals surface area contributed by atoms with E-state index in [4.69, 9.17) is 0 Å². The van der Waals surface area contributed by atoms with Crippen molar-refractivity contribution < 1.29 is 4.79 Å². The zero-order valence-corrected chi connectivity index (χ0v) is 11.7. The highest BCUT2D eigenvalue weighted by atomic mass is 16.2. The fourth-order valence-electron chi connectivity index (χ4n) is 3.31. The zero-order valence-electron chi connectivity index (χ0n) is 11.7. The van der Waals surface area contributed by atoms with E-state index in [1.54, 1.807) is 0 Å². The van der Waals surface area contributed by atoms with Gasteiger partial charge in [0.2, 0.25) is 5.91 Å². The summed E-state index contributed by atoms with van der Waals surface area (Å²) in [6.07, 6.45) is 4.06. The monoisotopic (exact) mass is 262 g/mol. The number of likely N-dealkylation sites (tertiary alicyclic amines) is 1. The van der Waals surface area contributed by atoms with Gasteiger partial charge in [0.05, 0.1) is 12.1 Å². The van der Waals surface area contributed by atoms with Crippen LogP contribution in [0.25, 0.3) is 0 Å². The number of amides is 1. The highest BCUT2D eigenvalue weighted by Gasteiger charge is 2.39. The first-order chi connectivity index (χ1) is 9.10. The van der Waals surface area contributed by atoms with Crippen molar-refractivity contribution in [1.82, 2.24) is 20.4 Å². The van der Waals surface area contributed by atoms with Gasteiger partial charge in [0.15, 0.2) is 0 Å². The quantitative estimate of drug-likeness (QED) is 0.829. The second-order valence-corrected chi connectivity index (χ2v) is 6.21. The molecule has 2 saturated heterocycles. The Morgan fingerprint density at radius 1 is 1.53 bits per heavy atom. The molecule has 2 aliphatic heterocycles. The van der Waals surface area contributed by atoms with Crippen LogP contribution in [-0.2, 0) is 10.2 Å². The van der Waals surface area contributed by atoms with Crippen LogP contribution in [-0.4, -0.2) is 47.2 Å². The van der Waals surface area contributed by atoms with E-state index in [-0.39, 0.29) is 11.3 Å². The highest BCUT2D eigenvalue weighted by Crippen LogP contribution is 2.34. The van der Waals surface area contributed by atoms with Gasteiger partial charge in [-0.3, -0.25) is 9.89 Å². The predicted molar refractivity (Wildman–Crippen MR) is 72.9 cm³/mol. The Bertz CT molecular complexity index is 480. The maximum atomic E-state index is 12.4. The van der Waals surface area contributed by atoms with Crippen LogP contribution >= 0.6 is 0 Å². The summed E-state index contributed by atoms with van der Waals surface area (Å²) in [5.74, 6) is 0.520. The van der Waals surface area contributed by atoms with Gasteiger partial charge in [-0.15, -0.1) is 0 Å². The second-order valence-electron chi connectivity index (χ2n) is 6.21. The zero-order chi connectivity index (χ0) is 13.5. The Labute approximate surface area is 113 Å². The van der Waals surface area contributed by atoms with Crippen LogP contribution in [0.1, 0.15) is 31.0 Å². The number of hydrogen-bond acceptors (Lipinski definition) is 3. The number of aromatic nitrogens is 2. The molecule has 1 aromatic heterocycles.